The summed E-state index contributed by atoms with van der Waals surface area (Å²) in [5, 5.41) is 11.9. The van der Waals surface area contributed by atoms with Gasteiger partial charge in [0.05, 0.1) is 6.04 Å². The number of carboxylic acids is 1. The van der Waals surface area contributed by atoms with Crippen molar-refractivity contribution in [2.75, 3.05) is 0 Å². The SMILES string of the molecule is CC(NC(=O)c1cc(Oc2ccccc2)ccc1CCC(=O)O)c1ccc(F)cc1. The number of para-hydroxylation sites is 1. The van der Waals surface area contributed by atoms with Crippen LogP contribution in [0.25, 0.3) is 0 Å². The Morgan fingerprint density at radius 1 is 1.00 bits per heavy atom. The van der Waals surface area contributed by atoms with E-state index in [1.807, 2.05) is 18.2 Å². The highest BCUT2D eigenvalue weighted by Crippen LogP contribution is 2.25. The summed E-state index contributed by atoms with van der Waals surface area (Å²) >= 11 is 0. The number of amides is 1. The van der Waals surface area contributed by atoms with Crippen LogP contribution in [0.4, 0.5) is 4.39 Å². The van der Waals surface area contributed by atoms with Crippen LogP contribution in [-0.2, 0) is 11.2 Å². The maximum absolute atomic E-state index is 13.2. The molecule has 0 aliphatic rings. The number of nitrogens with one attached hydrogen (secondary N) is 1. The minimum Gasteiger partial charge on any atom is -0.481 e. The van der Waals surface area contributed by atoms with Crippen LogP contribution >= 0.6 is 0 Å². The first-order chi connectivity index (χ1) is 14.4. The minimum absolute atomic E-state index is 0.0906. The molecular weight excluding hydrogens is 385 g/mol. The Bertz CT molecular complexity index is 1020. The normalized spacial score (nSPS) is 11.5. The molecule has 6 heteroatoms. The zero-order chi connectivity index (χ0) is 21.5. The lowest BCUT2D eigenvalue weighted by molar-refractivity contribution is -0.136. The molecule has 0 aliphatic heterocycles. The van der Waals surface area contributed by atoms with Crippen molar-refractivity contribution in [3.63, 3.8) is 0 Å². The zero-order valence-corrected chi connectivity index (χ0v) is 16.5. The molecule has 0 radical (unpaired) electrons. The summed E-state index contributed by atoms with van der Waals surface area (Å²) in [6, 6.07) is 19.7. The standard InChI is InChI=1S/C24H22FNO4/c1-16(17-7-11-19(25)12-8-17)26-24(29)22-15-21(30-20-5-3-2-4-6-20)13-9-18(22)10-14-23(27)28/h2-9,11-13,15-16H,10,14H2,1H3,(H,26,29)(H,27,28). The predicted molar refractivity (Wildman–Crippen MR) is 111 cm³/mol. The van der Waals surface area contributed by atoms with E-state index in [0.717, 1.165) is 5.56 Å². The number of carboxylic acid groups (broad SMARTS) is 1. The van der Waals surface area contributed by atoms with Crippen LogP contribution < -0.4 is 10.1 Å². The number of halogens is 1. The van der Waals surface area contributed by atoms with Gasteiger partial charge in [-0.05, 0) is 60.9 Å². The number of rotatable bonds is 8. The van der Waals surface area contributed by atoms with Crippen LogP contribution in [0, 0.1) is 5.82 Å². The van der Waals surface area contributed by atoms with Gasteiger partial charge in [0.15, 0.2) is 0 Å². The van der Waals surface area contributed by atoms with Crippen LogP contribution in [0.2, 0.25) is 0 Å². The first-order valence-electron chi connectivity index (χ1n) is 9.56. The van der Waals surface area contributed by atoms with Gasteiger partial charge in [0, 0.05) is 12.0 Å². The van der Waals surface area contributed by atoms with Gasteiger partial charge in [0.2, 0.25) is 0 Å². The fourth-order valence-electron chi connectivity index (χ4n) is 3.02. The molecule has 0 fully saturated rings. The lowest BCUT2D eigenvalue weighted by atomic mass is 10.0. The molecule has 3 aromatic rings. The third kappa shape index (κ3) is 5.67. The highest BCUT2D eigenvalue weighted by molar-refractivity contribution is 5.96. The van der Waals surface area contributed by atoms with Crippen molar-refractivity contribution < 1.29 is 23.8 Å². The van der Waals surface area contributed by atoms with Gasteiger partial charge in [-0.3, -0.25) is 9.59 Å². The zero-order valence-electron chi connectivity index (χ0n) is 16.5. The van der Waals surface area contributed by atoms with Gasteiger partial charge >= 0.3 is 5.97 Å². The molecule has 0 heterocycles. The summed E-state index contributed by atoms with van der Waals surface area (Å²) < 4.78 is 19.0. The van der Waals surface area contributed by atoms with Gasteiger partial charge < -0.3 is 15.2 Å². The average molecular weight is 407 g/mol. The van der Waals surface area contributed by atoms with Crippen LogP contribution in [0.15, 0.2) is 72.8 Å². The first-order valence-corrected chi connectivity index (χ1v) is 9.56. The van der Waals surface area contributed by atoms with Gasteiger partial charge in [-0.15, -0.1) is 0 Å². The Hall–Kier alpha value is -3.67. The molecule has 30 heavy (non-hydrogen) atoms. The van der Waals surface area contributed by atoms with Crippen molar-refractivity contribution in [3.05, 3.63) is 95.3 Å². The van der Waals surface area contributed by atoms with Crippen LogP contribution in [0.1, 0.15) is 40.9 Å². The Balaban J connectivity index is 1.84. The Morgan fingerprint density at radius 3 is 2.37 bits per heavy atom. The second-order valence-corrected chi connectivity index (χ2v) is 6.87. The number of aliphatic carboxylic acids is 1. The van der Waals surface area contributed by atoms with Crippen molar-refractivity contribution in [1.29, 1.82) is 0 Å². The van der Waals surface area contributed by atoms with Crippen molar-refractivity contribution in [2.24, 2.45) is 0 Å². The van der Waals surface area contributed by atoms with E-state index < -0.39 is 5.97 Å². The van der Waals surface area contributed by atoms with Crippen LogP contribution in [0.3, 0.4) is 0 Å². The second-order valence-electron chi connectivity index (χ2n) is 6.87. The van der Waals surface area contributed by atoms with Gasteiger partial charge in [0.1, 0.15) is 17.3 Å². The summed E-state index contributed by atoms with van der Waals surface area (Å²) in [5.41, 5.74) is 1.72. The molecule has 1 atom stereocenters. The van der Waals surface area contributed by atoms with Crippen LogP contribution in [0.5, 0.6) is 11.5 Å². The van der Waals surface area contributed by atoms with Gasteiger partial charge in [-0.1, -0.05) is 36.4 Å². The molecule has 3 rings (SSSR count). The second kappa shape index (κ2) is 9.69. The molecule has 3 aromatic carbocycles. The van der Waals surface area contributed by atoms with Crippen molar-refractivity contribution in [2.45, 2.75) is 25.8 Å². The maximum atomic E-state index is 13.2. The quantitative estimate of drug-likeness (QED) is 0.543. The molecular formula is C24H22FNO4. The van der Waals surface area contributed by atoms with Gasteiger partial charge in [-0.2, -0.15) is 0 Å². The first kappa shape index (κ1) is 21.0. The molecule has 0 aromatic heterocycles. The smallest absolute Gasteiger partial charge is 0.303 e. The number of hydrogen-bond acceptors (Lipinski definition) is 3. The summed E-state index contributed by atoms with van der Waals surface area (Å²) in [6.07, 6.45) is 0.126. The fraction of sp³-hybridized carbons (Fsp3) is 0.167. The lowest BCUT2D eigenvalue weighted by Crippen LogP contribution is -2.27. The number of carbonyl (C=O) groups is 2. The van der Waals surface area contributed by atoms with Gasteiger partial charge in [0.25, 0.3) is 5.91 Å². The summed E-state index contributed by atoms with van der Waals surface area (Å²) in [7, 11) is 0. The molecule has 1 unspecified atom stereocenters. The predicted octanol–water partition coefficient (Wildman–Crippen LogP) is 5.13. The van der Waals surface area contributed by atoms with E-state index in [1.165, 1.54) is 12.1 Å². The minimum atomic E-state index is -0.939. The number of aryl methyl sites for hydroxylation is 1. The molecule has 2 N–H and O–H groups in total. The molecule has 1 amide bonds. The molecule has 5 nitrogen and oxygen atoms in total. The molecule has 0 bridgehead atoms. The molecule has 0 saturated carbocycles. The van der Waals surface area contributed by atoms with E-state index in [4.69, 9.17) is 9.84 Å². The number of carbonyl (C=O) groups excluding carboxylic acids is 1. The van der Waals surface area contributed by atoms with Crippen LogP contribution in [-0.4, -0.2) is 17.0 Å². The highest BCUT2D eigenvalue weighted by atomic mass is 19.1. The molecule has 0 spiro atoms. The maximum Gasteiger partial charge on any atom is 0.303 e. The summed E-state index contributed by atoms with van der Waals surface area (Å²) in [5.74, 6) is -0.544. The van der Waals surface area contributed by atoms with E-state index >= 15 is 0 Å². The monoisotopic (exact) mass is 407 g/mol. The van der Waals surface area contributed by atoms with E-state index in [9.17, 15) is 14.0 Å². The fourth-order valence-corrected chi connectivity index (χ4v) is 3.02. The summed E-state index contributed by atoms with van der Waals surface area (Å²) in [6.45, 7) is 1.80. The van der Waals surface area contributed by atoms with E-state index in [-0.39, 0.29) is 30.6 Å². The summed E-state index contributed by atoms with van der Waals surface area (Å²) in [4.78, 5) is 24.0. The Kier molecular flexibility index (Phi) is 6.80. The van der Waals surface area contributed by atoms with Crippen molar-refractivity contribution >= 4 is 11.9 Å². The van der Waals surface area contributed by atoms with E-state index in [1.54, 1.807) is 49.4 Å². The molecule has 154 valence electrons. The number of hydrogen-bond donors (Lipinski definition) is 2. The Morgan fingerprint density at radius 2 is 1.70 bits per heavy atom. The molecule has 0 aliphatic carbocycles. The van der Waals surface area contributed by atoms with E-state index in [0.29, 0.717) is 22.6 Å². The highest BCUT2D eigenvalue weighted by Gasteiger charge is 2.17. The third-order valence-electron chi connectivity index (χ3n) is 4.63. The Labute approximate surface area is 174 Å². The third-order valence-corrected chi connectivity index (χ3v) is 4.63. The number of ether oxygens (including phenoxy) is 1. The van der Waals surface area contributed by atoms with Gasteiger partial charge in [-0.25, -0.2) is 4.39 Å². The van der Waals surface area contributed by atoms with Crippen molar-refractivity contribution in [3.8, 4) is 11.5 Å². The lowest BCUT2D eigenvalue weighted by Gasteiger charge is -2.17. The average Bonchev–Trinajstić information content (AvgIpc) is 2.73. The molecule has 0 saturated heterocycles. The number of benzene rings is 3. The largest absolute Gasteiger partial charge is 0.481 e. The van der Waals surface area contributed by atoms with Crippen molar-refractivity contribution in [1.82, 2.24) is 5.32 Å². The topological polar surface area (TPSA) is 75.6 Å². The van der Waals surface area contributed by atoms with E-state index in [2.05, 4.69) is 5.32 Å².